The summed E-state index contributed by atoms with van der Waals surface area (Å²) in [5.74, 6) is 1.29. The molecule has 0 atom stereocenters. The molecule has 0 unspecified atom stereocenters. The predicted molar refractivity (Wildman–Crippen MR) is 83.1 cm³/mol. The van der Waals surface area contributed by atoms with E-state index in [-0.39, 0.29) is 5.69 Å². The van der Waals surface area contributed by atoms with Crippen LogP contribution in [0, 0.1) is 0 Å². The van der Waals surface area contributed by atoms with E-state index in [1.807, 2.05) is 51.8 Å². The second-order valence-corrected chi connectivity index (χ2v) is 4.97. The molecule has 4 rings (SSSR count). The van der Waals surface area contributed by atoms with E-state index < -0.39 is 0 Å². The van der Waals surface area contributed by atoms with Crippen LogP contribution in [0.25, 0.3) is 17.2 Å². The highest BCUT2D eigenvalue weighted by Gasteiger charge is 2.13. The Morgan fingerprint density at radius 2 is 1.96 bits per heavy atom. The van der Waals surface area contributed by atoms with Gasteiger partial charge in [-0.1, -0.05) is 18.2 Å². The minimum atomic E-state index is -0.323. The Morgan fingerprint density at radius 1 is 1.09 bits per heavy atom. The Morgan fingerprint density at radius 3 is 2.74 bits per heavy atom. The highest BCUT2D eigenvalue weighted by molar-refractivity contribution is 5.54. The van der Waals surface area contributed by atoms with Gasteiger partial charge in [-0.3, -0.25) is 4.98 Å². The first-order chi connectivity index (χ1) is 11.3. The van der Waals surface area contributed by atoms with Gasteiger partial charge in [-0.2, -0.15) is 10.2 Å². The molecule has 3 aromatic heterocycles. The van der Waals surface area contributed by atoms with Crippen LogP contribution in [0.3, 0.4) is 0 Å². The van der Waals surface area contributed by atoms with Crippen molar-refractivity contribution in [3.8, 4) is 17.2 Å². The van der Waals surface area contributed by atoms with E-state index in [9.17, 15) is 4.79 Å². The van der Waals surface area contributed by atoms with Crippen LogP contribution in [0.1, 0.15) is 5.82 Å². The highest BCUT2D eigenvalue weighted by Crippen LogP contribution is 2.21. The first-order valence-corrected chi connectivity index (χ1v) is 7.06. The molecule has 0 aliphatic heterocycles. The maximum Gasteiger partial charge on any atom is 0.340 e. The van der Waals surface area contributed by atoms with Crippen LogP contribution < -0.4 is 5.69 Å². The van der Waals surface area contributed by atoms with Crippen molar-refractivity contribution in [2.75, 3.05) is 0 Å². The molecule has 4 aromatic rings. The van der Waals surface area contributed by atoms with Crippen LogP contribution >= 0.6 is 0 Å². The lowest BCUT2D eigenvalue weighted by atomic mass is 10.3. The average molecular weight is 307 g/mol. The molecule has 0 aliphatic carbocycles. The van der Waals surface area contributed by atoms with Crippen molar-refractivity contribution in [2.45, 2.75) is 6.54 Å². The fraction of sp³-hybridized carbons (Fsp3) is 0.0667. The highest BCUT2D eigenvalue weighted by atomic mass is 16.1. The van der Waals surface area contributed by atoms with Crippen molar-refractivity contribution < 1.29 is 0 Å². The smallest absolute Gasteiger partial charge is 0.322 e. The van der Waals surface area contributed by atoms with Gasteiger partial charge < -0.3 is 4.57 Å². The minimum Gasteiger partial charge on any atom is -0.322 e. The standard InChI is InChI=1S/C15H13N7O/c23-15-18-13(19-20-15)10-21-9-8-16-14(21)12-6-7-17-22(12)11-4-2-1-3-5-11/h1-9H,10H2,(H2,18,19,20,23). The van der Waals surface area contributed by atoms with Gasteiger partial charge in [0.05, 0.1) is 18.4 Å². The number of rotatable bonds is 4. The number of H-pyrrole nitrogens is 2. The molecule has 0 radical (unpaired) electrons. The monoisotopic (exact) mass is 307 g/mol. The molecule has 3 heterocycles. The lowest BCUT2D eigenvalue weighted by Gasteiger charge is -2.09. The number of nitrogens with zero attached hydrogens (tertiary/aromatic N) is 5. The molecular formula is C15H13N7O. The maximum atomic E-state index is 11.2. The van der Waals surface area contributed by atoms with E-state index in [1.54, 1.807) is 12.4 Å². The van der Waals surface area contributed by atoms with Gasteiger partial charge in [0.25, 0.3) is 0 Å². The Kier molecular flexibility index (Phi) is 3.12. The van der Waals surface area contributed by atoms with Crippen molar-refractivity contribution in [3.05, 3.63) is 71.3 Å². The molecule has 23 heavy (non-hydrogen) atoms. The van der Waals surface area contributed by atoms with E-state index in [0.717, 1.165) is 17.2 Å². The Hall–Kier alpha value is -3.42. The van der Waals surface area contributed by atoms with Crippen molar-refractivity contribution in [2.24, 2.45) is 0 Å². The number of para-hydroxylation sites is 1. The molecule has 0 saturated carbocycles. The van der Waals surface area contributed by atoms with Gasteiger partial charge >= 0.3 is 5.69 Å². The first-order valence-electron chi connectivity index (χ1n) is 7.06. The quantitative estimate of drug-likeness (QED) is 0.592. The molecule has 1 aromatic carbocycles. The molecule has 0 amide bonds. The second kappa shape index (κ2) is 5.41. The Bertz CT molecular complexity index is 976. The largest absolute Gasteiger partial charge is 0.340 e. The zero-order chi connectivity index (χ0) is 15.6. The summed E-state index contributed by atoms with van der Waals surface area (Å²) in [4.78, 5) is 18.2. The molecule has 8 heteroatoms. The van der Waals surface area contributed by atoms with Gasteiger partial charge in [0.15, 0.2) is 11.6 Å². The molecule has 0 bridgehead atoms. The van der Waals surface area contributed by atoms with Crippen molar-refractivity contribution in [3.63, 3.8) is 0 Å². The van der Waals surface area contributed by atoms with E-state index in [0.29, 0.717) is 12.4 Å². The lowest BCUT2D eigenvalue weighted by molar-refractivity contribution is 0.746. The summed E-state index contributed by atoms with van der Waals surface area (Å²) in [7, 11) is 0. The lowest BCUT2D eigenvalue weighted by Crippen LogP contribution is -2.07. The van der Waals surface area contributed by atoms with Crippen LogP contribution in [-0.4, -0.2) is 34.5 Å². The van der Waals surface area contributed by atoms with Crippen LogP contribution in [-0.2, 0) is 6.54 Å². The minimum absolute atomic E-state index is 0.323. The zero-order valence-corrected chi connectivity index (χ0v) is 12.0. The number of imidazole rings is 1. The number of hydrogen-bond acceptors (Lipinski definition) is 4. The number of aromatic amines is 2. The molecule has 0 fully saturated rings. The van der Waals surface area contributed by atoms with E-state index in [4.69, 9.17) is 0 Å². The molecule has 0 spiro atoms. The van der Waals surface area contributed by atoms with Gasteiger partial charge in [0, 0.05) is 12.4 Å². The molecule has 114 valence electrons. The third-order valence-corrected chi connectivity index (χ3v) is 3.46. The van der Waals surface area contributed by atoms with Crippen molar-refractivity contribution >= 4 is 0 Å². The summed E-state index contributed by atoms with van der Waals surface area (Å²) in [5, 5.41) is 10.7. The molecular weight excluding hydrogens is 294 g/mol. The molecule has 0 saturated heterocycles. The summed E-state index contributed by atoms with van der Waals surface area (Å²) < 4.78 is 3.73. The second-order valence-electron chi connectivity index (χ2n) is 4.97. The normalized spacial score (nSPS) is 11.0. The fourth-order valence-corrected chi connectivity index (χ4v) is 2.46. The number of aromatic nitrogens is 7. The van der Waals surface area contributed by atoms with Gasteiger partial charge in [-0.25, -0.2) is 19.6 Å². The maximum absolute atomic E-state index is 11.2. The summed E-state index contributed by atoms with van der Waals surface area (Å²) in [6.07, 6.45) is 5.28. The number of hydrogen-bond donors (Lipinski definition) is 2. The Labute approximate surface area is 130 Å². The van der Waals surface area contributed by atoms with Crippen molar-refractivity contribution in [1.29, 1.82) is 0 Å². The third-order valence-electron chi connectivity index (χ3n) is 3.46. The fourth-order valence-electron chi connectivity index (χ4n) is 2.46. The van der Waals surface area contributed by atoms with Gasteiger partial charge in [0.2, 0.25) is 0 Å². The van der Waals surface area contributed by atoms with Gasteiger partial charge in [-0.05, 0) is 18.2 Å². The van der Waals surface area contributed by atoms with E-state index in [2.05, 4.69) is 25.3 Å². The summed E-state index contributed by atoms with van der Waals surface area (Å²) >= 11 is 0. The predicted octanol–water partition coefficient (Wildman–Crippen LogP) is 1.20. The molecule has 0 aliphatic rings. The molecule has 8 nitrogen and oxygen atoms in total. The first kappa shape index (κ1) is 13.3. The van der Waals surface area contributed by atoms with Crippen molar-refractivity contribution in [1.82, 2.24) is 34.5 Å². The van der Waals surface area contributed by atoms with E-state index >= 15 is 0 Å². The van der Waals surface area contributed by atoms with Gasteiger partial charge in [-0.15, -0.1) is 0 Å². The average Bonchev–Trinajstić information content (AvgIpc) is 3.29. The Balaban J connectivity index is 1.74. The number of benzene rings is 1. The third kappa shape index (κ3) is 2.46. The number of nitrogens with one attached hydrogen (secondary N) is 2. The SMILES string of the molecule is O=c1[nH]nc(Cn2ccnc2-c2ccnn2-c2ccccc2)[nH]1. The summed E-state index contributed by atoms with van der Waals surface area (Å²) in [6.45, 7) is 0.411. The van der Waals surface area contributed by atoms with Gasteiger partial charge in [0.1, 0.15) is 5.69 Å². The van der Waals surface area contributed by atoms with Crippen LogP contribution in [0.15, 0.2) is 59.8 Å². The van der Waals surface area contributed by atoms with Crippen LogP contribution in [0.5, 0.6) is 0 Å². The molecule has 2 N–H and O–H groups in total. The van der Waals surface area contributed by atoms with Crippen LogP contribution in [0.4, 0.5) is 0 Å². The summed E-state index contributed by atoms with van der Waals surface area (Å²) in [5.41, 5.74) is 1.49. The zero-order valence-electron chi connectivity index (χ0n) is 12.0. The van der Waals surface area contributed by atoms with Crippen LogP contribution in [0.2, 0.25) is 0 Å². The van der Waals surface area contributed by atoms with E-state index in [1.165, 1.54) is 0 Å². The summed E-state index contributed by atoms with van der Waals surface area (Å²) in [6, 6.07) is 11.7. The topological polar surface area (TPSA) is 97.2 Å².